The average molecular weight is 1370 g/mol. The van der Waals surface area contributed by atoms with Gasteiger partial charge in [0.15, 0.2) is 12.2 Å². The van der Waals surface area contributed by atoms with Crippen LogP contribution >= 0.6 is 15.6 Å². The number of phosphoric acid groups is 2. The lowest BCUT2D eigenvalue weighted by atomic mass is 10.0. The molecule has 0 radical (unpaired) electrons. The molecule has 0 amide bonds. The molecule has 0 heterocycles. The fourth-order valence-corrected chi connectivity index (χ4v) is 12.8. The van der Waals surface area contributed by atoms with Crippen LogP contribution in [0.5, 0.6) is 0 Å². The Balaban J connectivity index is 5.18. The van der Waals surface area contributed by atoms with E-state index in [1.165, 1.54) is 167 Å². The predicted octanol–water partition coefficient (Wildman–Crippen LogP) is 21.3. The summed E-state index contributed by atoms with van der Waals surface area (Å²) >= 11 is 0. The lowest BCUT2D eigenvalue weighted by Gasteiger charge is -2.21. The second-order valence-electron chi connectivity index (χ2n) is 28.6. The van der Waals surface area contributed by atoms with E-state index in [9.17, 15) is 43.2 Å². The highest BCUT2D eigenvalue weighted by atomic mass is 31.2. The van der Waals surface area contributed by atoms with Crippen molar-refractivity contribution in [1.82, 2.24) is 0 Å². The molecule has 5 atom stereocenters. The van der Waals surface area contributed by atoms with Crippen molar-refractivity contribution < 1.29 is 80.2 Å². The number of carbonyl (C=O) groups is 4. The Hall–Kier alpha value is -1.94. The first kappa shape index (κ1) is 91.1. The normalized spacial score (nSPS) is 14.2. The number of rotatable bonds is 71. The van der Waals surface area contributed by atoms with Gasteiger partial charge in [-0.2, -0.15) is 0 Å². The van der Waals surface area contributed by atoms with Crippen LogP contribution in [0.2, 0.25) is 0 Å². The van der Waals surface area contributed by atoms with Crippen molar-refractivity contribution in [1.29, 1.82) is 0 Å². The van der Waals surface area contributed by atoms with Gasteiger partial charge in [-0.05, 0) is 49.4 Å². The van der Waals surface area contributed by atoms with Gasteiger partial charge < -0.3 is 33.8 Å². The number of aliphatic hydroxyl groups is 1. The summed E-state index contributed by atoms with van der Waals surface area (Å²) in [5, 5.41) is 10.6. The van der Waals surface area contributed by atoms with Crippen LogP contribution < -0.4 is 0 Å². The third kappa shape index (κ3) is 68.4. The van der Waals surface area contributed by atoms with Crippen molar-refractivity contribution in [2.75, 3.05) is 39.6 Å². The first-order valence-corrected chi connectivity index (χ1v) is 41.2. The number of ether oxygens (including phenoxy) is 4. The van der Waals surface area contributed by atoms with Gasteiger partial charge in [0.05, 0.1) is 26.4 Å². The predicted molar refractivity (Wildman–Crippen MR) is 377 cm³/mol. The molecule has 0 aliphatic heterocycles. The SMILES string of the molecule is CC(C)CCCCCCCCCCCCCCCCCC(=O)O[C@H](COC(=O)CCCCCCCCC(C)C)COP(=O)(O)OCC(O)COP(=O)(O)OC[C@@H](COC(=O)CCCCCCCCCCCCCCCC(C)C)OC(=O)CCCCCCCCCC(C)C. The molecule has 17 nitrogen and oxygen atoms in total. The minimum absolute atomic E-state index is 0.103. The zero-order chi connectivity index (χ0) is 68.9. The standard InChI is InChI=1S/C74H144O17P2/c1-64(2)50-42-34-26-21-17-13-10-9-11-15-20-24-30-40-48-56-73(78)90-70(61-85-72(77)55-47-39-33-32-37-45-53-67(7)8)63-89-93(82,83)87-59-68(75)58-86-92(80,81)88-62-69(91-74(79)57-49-41-31-25-28-36-44-52-66(5)6)60-84-71(76)54-46-38-29-23-19-16-12-14-18-22-27-35-43-51-65(3)4/h64-70,75H,9-63H2,1-8H3,(H,80,81)(H,82,83)/t68?,69-,70-/m1/s1. The van der Waals surface area contributed by atoms with Gasteiger partial charge in [0.1, 0.15) is 19.3 Å². The molecule has 19 heteroatoms. The van der Waals surface area contributed by atoms with E-state index in [0.717, 1.165) is 108 Å². The molecule has 0 aromatic heterocycles. The molecule has 3 unspecified atom stereocenters. The Morgan fingerprint density at radius 3 is 0.667 bits per heavy atom. The van der Waals surface area contributed by atoms with Crippen LogP contribution in [0.3, 0.4) is 0 Å². The highest BCUT2D eigenvalue weighted by molar-refractivity contribution is 7.47. The second kappa shape index (κ2) is 63.5. The number of hydrogen-bond acceptors (Lipinski definition) is 15. The van der Waals surface area contributed by atoms with Gasteiger partial charge in [-0.3, -0.25) is 37.3 Å². The number of esters is 4. The van der Waals surface area contributed by atoms with E-state index in [1.807, 2.05) is 0 Å². The summed E-state index contributed by atoms with van der Waals surface area (Å²) in [6.45, 7) is 14.1. The summed E-state index contributed by atoms with van der Waals surface area (Å²) in [5.41, 5.74) is 0. The Morgan fingerprint density at radius 1 is 0.269 bits per heavy atom. The van der Waals surface area contributed by atoms with Crippen LogP contribution in [0.25, 0.3) is 0 Å². The summed E-state index contributed by atoms with van der Waals surface area (Å²) < 4.78 is 68.4. The van der Waals surface area contributed by atoms with E-state index >= 15 is 0 Å². The molecule has 93 heavy (non-hydrogen) atoms. The lowest BCUT2D eigenvalue weighted by molar-refractivity contribution is -0.161. The molecule has 0 aromatic rings. The summed E-state index contributed by atoms with van der Waals surface area (Å²) in [4.78, 5) is 72.6. The largest absolute Gasteiger partial charge is 0.472 e. The van der Waals surface area contributed by atoms with Crippen molar-refractivity contribution in [2.45, 2.75) is 388 Å². The Bertz CT molecular complexity index is 1830. The molecule has 0 aromatic carbocycles. The third-order valence-electron chi connectivity index (χ3n) is 17.1. The topological polar surface area (TPSA) is 237 Å². The molecule has 0 spiro atoms. The molecule has 0 saturated heterocycles. The van der Waals surface area contributed by atoms with Crippen LogP contribution in [0.15, 0.2) is 0 Å². The fourth-order valence-electron chi connectivity index (χ4n) is 11.2. The quantitative estimate of drug-likeness (QED) is 0.0222. The smallest absolute Gasteiger partial charge is 0.462 e. The van der Waals surface area contributed by atoms with Crippen LogP contribution in [0.4, 0.5) is 0 Å². The highest BCUT2D eigenvalue weighted by Crippen LogP contribution is 2.45. The summed E-state index contributed by atoms with van der Waals surface area (Å²) in [6.07, 6.45) is 47.5. The monoisotopic (exact) mass is 1370 g/mol. The maximum absolute atomic E-state index is 13.0. The van der Waals surface area contributed by atoms with E-state index in [1.54, 1.807) is 0 Å². The molecule has 0 aliphatic rings. The molecule has 552 valence electrons. The zero-order valence-corrected chi connectivity index (χ0v) is 62.7. The van der Waals surface area contributed by atoms with E-state index in [4.69, 9.17) is 37.0 Å². The highest BCUT2D eigenvalue weighted by Gasteiger charge is 2.30. The van der Waals surface area contributed by atoms with Gasteiger partial charge in [0, 0.05) is 25.7 Å². The molecular formula is C74H144O17P2. The van der Waals surface area contributed by atoms with Crippen molar-refractivity contribution in [3.05, 3.63) is 0 Å². The summed E-state index contributed by atoms with van der Waals surface area (Å²) in [5.74, 6) is 0.841. The van der Waals surface area contributed by atoms with Gasteiger partial charge in [-0.15, -0.1) is 0 Å². The maximum atomic E-state index is 13.0. The Labute approximate surface area is 568 Å². The van der Waals surface area contributed by atoms with E-state index in [-0.39, 0.29) is 25.7 Å². The fraction of sp³-hybridized carbons (Fsp3) is 0.946. The minimum atomic E-state index is -4.95. The van der Waals surface area contributed by atoms with Crippen LogP contribution in [-0.2, 0) is 65.4 Å². The van der Waals surface area contributed by atoms with E-state index in [0.29, 0.717) is 37.5 Å². The molecule has 0 bridgehead atoms. The molecular weight excluding hydrogens is 1220 g/mol. The molecule has 0 fully saturated rings. The number of hydrogen-bond donors (Lipinski definition) is 3. The Kier molecular flexibility index (Phi) is 62.2. The van der Waals surface area contributed by atoms with Crippen LogP contribution in [0.1, 0.15) is 370 Å². The van der Waals surface area contributed by atoms with Gasteiger partial charge >= 0.3 is 39.5 Å². The van der Waals surface area contributed by atoms with Crippen LogP contribution in [-0.4, -0.2) is 96.7 Å². The molecule has 0 rings (SSSR count). The summed E-state index contributed by atoms with van der Waals surface area (Å²) in [6, 6.07) is 0. The zero-order valence-electron chi connectivity index (χ0n) is 60.9. The van der Waals surface area contributed by atoms with Gasteiger partial charge in [-0.1, -0.05) is 319 Å². The van der Waals surface area contributed by atoms with E-state index in [2.05, 4.69) is 55.4 Å². The van der Waals surface area contributed by atoms with Gasteiger partial charge in [-0.25, -0.2) is 9.13 Å². The van der Waals surface area contributed by atoms with Crippen molar-refractivity contribution in [3.8, 4) is 0 Å². The van der Waals surface area contributed by atoms with Gasteiger partial charge in [0.25, 0.3) is 0 Å². The first-order valence-electron chi connectivity index (χ1n) is 38.2. The number of aliphatic hydroxyl groups excluding tert-OH is 1. The molecule has 0 aliphatic carbocycles. The number of unbranched alkanes of at least 4 members (excludes halogenated alkanes) is 37. The van der Waals surface area contributed by atoms with E-state index < -0.39 is 97.5 Å². The van der Waals surface area contributed by atoms with Crippen molar-refractivity contribution >= 4 is 39.5 Å². The number of carbonyl (C=O) groups excluding carboxylic acids is 4. The number of phosphoric ester groups is 2. The first-order chi connectivity index (χ1) is 44.6. The van der Waals surface area contributed by atoms with Crippen LogP contribution in [0, 0.1) is 23.7 Å². The average Bonchev–Trinajstić information content (AvgIpc) is 2.85. The van der Waals surface area contributed by atoms with Crippen molar-refractivity contribution in [2.24, 2.45) is 23.7 Å². The molecule has 0 saturated carbocycles. The maximum Gasteiger partial charge on any atom is 0.472 e. The Morgan fingerprint density at radius 2 is 0.452 bits per heavy atom. The lowest BCUT2D eigenvalue weighted by Crippen LogP contribution is -2.30. The summed E-state index contributed by atoms with van der Waals surface area (Å²) in [7, 11) is -9.91. The molecule has 3 N–H and O–H groups in total. The second-order valence-corrected chi connectivity index (χ2v) is 31.5. The van der Waals surface area contributed by atoms with Gasteiger partial charge in [0.2, 0.25) is 0 Å². The van der Waals surface area contributed by atoms with Crippen molar-refractivity contribution in [3.63, 3.8) is 0 Å². The minimum Gasteiger partial charge on any atom is -0.462 e. The third-order valence-corrected chi connectivity index (χ3v) is 19.0.